The predicted molar refractivity (Wildman–Crippen MR) is 64.0 cm³/mol. The normalized spacial score (nSPS) is 11.3. The number of rotatable bonds is 6. The van der Waals surface area contributed by atoms with E-state index in [1.54, 1.807) is 0 Å². The topological polar surface area (TPSA) is 29.9 Å². The van der Waals surface area contributed by atoms with Crippen molar-refractivity contribution < 1.29 is 0 Å². The standard InChI is InChI=1S/C12H23N3/c1-5-12(6-2)15-9-11(8-13-7-3)10(4)14-15/h9,12-13H,5-8H2,1-4H3. The molecule has 0 fully saturated rings. The van der Waals surface area contributed by atoms with E-state index in [4.69, 9.17) is 0 Å². The number of aryl methyl sites for hydroxylation is 1. The lowest BCUT2D eigenvalue weighted by atomic mass is 10.2. The molecule has 15 heavy (non-hydrogen) atoms. The van der Waals surface area contributed by atoms with Crippen LogP contribution in [0.5, 0.6) is 0 Å². The van der Waals surface area contributed by atoms with Crippen LogP contribution in [0.2, 0.25) is 0 Å². The van der Waals surface area contributed by atoms with Crippen LogP contribution in [0.15, 0.2) is 6.20 Å². The van der Waals surface area contributed by atoms with Crippen LogP contribution in [0.4, 0.5) is 0 Å². The van der Waals surface area contributed by atoms with E-state index in [0.29, 0.717) is 6.04 Å². The molecular formula is C12H23N3. The highest BCUT2D eigenvalue weighted by atomic mass is 15.3. The molecule has 0 saturated carbocycles. The summed E-state index contributed by atoms with van der Waals surface area (Å²) in [4.78, 5) is 0. The molecule has 86 valence electrons. The van der Waals surface area contributed by atoms with Crippen molar-refractivity contribution in [3.8, 4) is 0 Å². The second-order valence-corrected chi connectivity index (χ2v) is 3.97. The quantitative estimate of drug-likeness (QED) is 0.780. The van der Waals surface area contributed by atoms with Crippen molar-refractivity contribution in [1.29, 1.82) is 0 Å². The highest BCUT2D eigenvalue weighted by Crippen LogP contribution is 2.16. The van der Waals surface area contributed by atoms with Crippen molar-refractivity contribution in [2.75, 3.05) is 6.54 Å². The second-order valence-electron chi connectivity index (χ2n) is 3.97. The summed E-state index contributed by atoms with van der Waals surface area (Å²) in [5.74, 6) is 0. The summed E-state index contributed by atoms with van der Waals surface area (Å²) in [6.45, 7) is 10.6. The summed E-state index contributed by atoms with van der Waals surface area (Å²) in [6.07, 6.45) is 4.49. The molecule has 0 aromatic carbocycles. The average Bonchev–Trinajstić information content (AvgIpc) is 2.59. The molecule has 1 rings (SSSR count). The fourth-order valence-corrected chi connectivity index (χ4v) is 1.80. The van der Waals surface area contributed by atoms with Crippen LogP contribution in [0, 0.1) is 6.92 Å². The van der Waals surface area contributed by atoms with Gasteiger partial charge in [0, 0.05) is 18.3 Å². The molecule has 0 unspecified atom stereocenters. The van der Waals surface area contributed by atoms with Crippen molar-refractivity contribution in [3.05, 3.63) is 17.5 Å². The lowest BCUT2D eigenvalue weighted by Crippen LogP contribution is -2.12. The van der Waals surface area contributed by atoms with E-state index in [9.17, 15) is 0 Å². The van der Waals surface area contributed by atoms with Gasteiger partial charge in [-0.25, -0.2) is 0 Å². The first-order valence-corrected chi connectivity index (χ1v) is 5.98. The monoisotopic (exact) mass is 209 g/mol. The molecule has 1 aromatic rings. The van der Waals surface area contributed by atoms with Gasteiger partial charge in [0.05, 0.1) is 11.7 Å². The molecule has 1 heterocycles. The maximum Gasteiger partial charge on any atom is 0.0638 e. The number of nitrogens with zero attached hydrogens (tertiary/aromatic N) is 2. The zero-order chi connectivity index (χ0) is 11.3. The molecule has 1 N–H and O–H groups in total. The third kappa shape index (κ3) is 3.06. The Balaban J connectivity index is 2.75. The van der Waals surface area contributed by atoms with Crippen molar-refractivity contribution in [3.63, 3.8) is 0 Å². The maximum atomic E-state index is 4.58. The van der Waals surface area contributed by atoms with Gasteiger partial charge in [-0.05, 0) is 26.3 Å². The Morgan fingerprint density at radius 1 is 1.33 bits per heavy atom. The Hall–Kier alpha value is -0.830. The van der Waals surface area contributed by atoms with Gasteiger partial charge >= 0.3 is 0 Å². The molecule has 0 aliphatic rings. The zero-order valence-corrected chi connectivity index (χ0v) is 10.4. The minimum Gasteiger partial charge on any atom is -0.313 e. The van der Waals surface area contributed by atoms with E-state index >= 15 is 0 Å². The summed E-state index contributed by atoms with van der Waals surface area (Å²) >= 11 is 0. The molecule has 0 bridgehead atoms. The molecule has 0 amide bonds. The lowest BCUT2D eigenvalue weighted by molar-refractivity contribution is 0.426. The zero-order valence-electron chi connectivity index (χ0n) is 10.4. The van der Waals surface area contributed by atoms with Gasteiger partial charge in [-0.1, -0.05) is 20.8 Å². The third-order valence-electron chi connectivity index (χ3n) is 2.90. The van der Waals surface area contributed by atoms with Gasteiger partial charge in [0.15, 0.2) is 0 Å². The van der Waals surface area contributed by atoms with Gasteiger partial charge in [0.2, 0.25) is 0 Å². The predicted octanol–water partition coefficient (Wildman–Crippen LogP) is 2.66. The molecule has 0 aliphatic heterocycles. The lowest BCUT2D eigenvalue weighted by Gasteiger charge is -2.12. The number of nitrogens with one attached hydrogen (secondary N) is 1. The first kappa shape index (κ1) is 12.2. The van der Waals surface area contributed by atoms with E-state index in [0.717, 1.165) is 31.6 Å². The smallest absolute Gasteiger partial charge is 0.0638 e. The van der Waals surface area contributed by atoms with E-state index in [2.05, 4.69) is 49.0 Å². The number of hydrogen-bond acceptors (Lipinski definition) is 2. The Morgan fingerprint density at radius 2 is 2.00 bits per heavy atom. The second kappa shape index (κ2) is 5.91. The summed E-state index contributed by atoms with van der Waals surface area (Å²) in [7, 11) is 0. The Morgan fingerprint density at radius 3 is 2.53 bits per heavy atom. The van der Waals surface area contributed by atoms with Crippen molar-refractivity contribution in [2.45, 2.75) is 53.1 Å². The van der Waals surface area contributed by atoms with Crippen LogP contribution >= 0.6 is 0 Å². The van der Waals surface area contributed by atoms with Crippen LogP contribution in [-0.4, -0.2) is 16.3 Å². The van der Waals surface area contributed by atoms with Gasteiger partial charge in [0.25, 0.3) is 0 Å². The van der Waals surface area contributed by atoms with E-state index < -0.39 is 0 Å². The number of hydrogen-bond donors (Lipinski definition) is 1. The van der Waals surface area contributed by atoms with E-state index in [1.165, 1.54) is 5.56 Å². The molecule has 0 saturated heterocycles. The first-order chi connectivity index (χ1) is 7.22. The van der Waals surface area contributed by atoms with Gasteiger partial charge in [-0.3, -0.25) is 4.68 Å². The summed E-state index contributed by atoms with van der Waals surface area (Å²) in [6, 6.07) is 0.555. The van der Waals surface area contributed by atoms with Gasteiger partial charge in [-0.2, -0.15) is 5.10 Å². The third-order valence-corrected chi connectivity index (χ3v) is 2.90. The SMILES string of the molecule is CCNCc1cn(C(CC)CC)nc1C. The summed E-state index contributed by atoms with van der Waals surface area (Å²) < 4.78 is 2.13. The van der Waals surface area contributed by atoms with Gasteiger partial charge < -0.3 is 5.32 Å². The Labute approximate surface area is 92.9 Å². The molecular weight excluding hydrogens is 186 g/mol. The molecule has 0 aliphatic carbocycles. The average molecular weight is 209 g/mol. The van der Waals surface area contributed by atoms with Crippen LogP contribution < -0.4 is 5.32 Å². The largest absolute Gasteiger partial charge is 0.313 e. The summed E-state index contributed by atoms with van der Waals surface area (Å²) in [5.41, 5.74) is 2.48. The molecule has 0 atom stereocenters. The highest BCUT2D eigenvalue weighted by Gasteiger charge is 2.10. The van der Waals surface area contributed by atoms with Gasteiger partial charge in [0.1, 0.15) is 0 Å². The molecule has 3 nitrogen and oxygen atoms in total. The van der Waals surface area contributed by atoms with Crippen molar-refractivity contribution in [1.82, 2.24) is 15.1 Å². The van der Waals surface area contributed by atoms with E-state index in [1.807, 2.05) is 0 Å². The van der Waals surface area contributed by atoms with E-state index in [-0.39, 0.29) is 0 Å². The minimum absolute atomic E-state index is 0.555. The highest BCUT2D eigenvalue weighted by molar-refractivity contribution is 5.15. The van der Waals surface area contributed by atoms with Gasteiger partial charge in [-0.15, -0.1) is 0 Å². The first-order valence-electron chi connectivity index (χ1n) is 5.98. The van der Waals surface area contributed by atoms with Crippen LogP contribution in [0.25, 0.3) is 0 Å². The Kier molecular flexibility index (Phi) is 4.82. The fourth-order valence-electron chi connectivity index (χ4n) is 1.80. The molecule has 3 heteroatoms. The summed E-state index contributed by atoms with van der Waals surface area (Å²) in [5, 5.41) is 7.92. The molecule has 0 spiro atoms. The Bertz CT molecular complexity index is 287. The molecule has 1 aromatic heterocycles. The van der Waals surface area contributed by atoms with Crippen LogP contribution in [0.3, 0.4) is 0 Å². The van der Waals surface area contributed by atoms with Crippen molar-refractivity contribution >= 4 is 0 Å². The van der Waals surface area contributed by atoms with Crippen LogP contribution in [0.1, 0.15) is 50.9 Å². The minimum atomic E-state index is 0.555. The van der Waals surface area contributed by atoms with Crippen molar-refractivity contribution in [2.24, 2.45) is 0 Å². The van der Waals surface area contributed by atoms with Crippen LogP contribution in [-0.2, 0) is 6.54 Å². The maximum absolute atomic E-state index is 4.58. The fraction of sp³-hybridized carbons (Fsp3) is 0.750. The number of aromatic nitrogens is 2. The molecule has 0 radical (unpaired) electrons.